The fraction of sp³-hybridized carbons (Fsp3) is 0.375. The van der Waals surface area contributed by atoms with E-state index in [0.29, 0.717) is 12.8 Å². The van der Waals surface area contributed by atoms with Gasteiger partial charge in [0.1, 0.15) is 11.5 Å². The van der Waals surface area contributed by atoms with Crippen LogP contribution in [-0.2, 0) is 25.5 Å². The first-order valence-corrected chi connectivity index (χ1v) is 10.4. The lowest BCUT2D eigenvalue weighted by atomic mass is 9.97. The summed E-state index contributed by atoms with van der Waals surface area (Å²) >= 11 is 0. The quantitative estimate of drug-likeness (QED) is 0.261. The molecule has 4 N–H and O–H groups in total. The van der Waals surface area contributed by atoms with Gasteiger partial charge in [-0.15, -0.1) is 0 Å². The Hall–Kier alpha value is -3.43. The average Bonchev–Trinajstić information content (AvgIpc) is 2.74. The summed E-state index contributed by atoms with van der Waals surface area (Å²) in [6.45, 7) is 3.75. The number of ether oxygens (including phenoxy) is 2. The molecule has 0 aromatic heterocycles. The molecule has 2 aromatic carbocycles. The van der Waals surface area contributed by atoms with Gasteiger partial charge in [0.15, 0.2) is 0 Å². The van der Waals surface area contributed by atoms with Crippen LogP contribution in [0.2, 0.25) is 0 Å². The van der Waals surface area contributed by atoms with E-state index >= 15 is 0 Å². The van der Waals surface area contributed by atoms with Crippen LogP contribution in [0, 0.1) is 13.8 Å². The number of aryl methyl sites for hydroxylation is 3. The molecular weight excluding hydrogens is 432 g/mol. The van der Waals surface area contributed by atoms with E-state index < -0.39 is 29.6 Å². The largest absolute Gasteiger partial charge is 0.479 e. The van der Waals surface area contributed by atoms with Crippen molar-refractivity contribution in [2.24, 2.45) is 0 Å². The highest BCUT2D eigenvalue weighted by Crippen LogP contribution is 2.27. The Morgan fingerprint density at radius 2 is 1.64 bits per heavy atom. The number of carboxylic acids is 3. The molecule has 1 unspecified atom stereocenters. The van der Waals surface area contributed by atoms with E-state index in [1.165, 1.54) is 0 Å². The van der Waals surface area contributed by atoms with E-state index in [1.54, 1.807) is 0 Å². The second-order valence-electron chi connectivity index (χ2n) is 7.79. The molecule has 0 amide bonds. The maximum Gasteiger partial charge on any atom is 0.351 e. The van der Waals surface area contributed by atoms with E-state index in [0.717, 1.165) is 41.0 Å². The summed E-state index contributed by atoms with van der Waals surface area (Å²) in [6.07, 6.45) is 0.0807. The maximum atomic E-state index is 11.2. The first-order chi connectivity index (χ1) is 15.6. The number of aliphatic hydroxyl groups is 1. The summed E-state index contributed by atoms with van der Waals surface area (Å²) in [6, 6.07) is 13.7. The number of hydrogen-bond donors (Lipinski definition) is 4. The van der Waals surface area contributed by atoms with Gasteiger partial charge in [0.2, 0.25) is 6.10 Å². The first kappa shape index (κ1) is 25.8. The molecule has 33 heavy (non-hydrogen) atoms. The fourth-order valence-electron chi connectivity index (χ4n) is 3.28. The minimum absolute atomic E-state index is 0.206. The van der Waals surface area contributed by atoms with Gasteiger partial charge in [0.05, 0.1) is 0 Å². The molecule has 0 aliphatic carbocycles. The average molecular weight is 460 g/mol. The molecule has 1 atom stereocenters. The molecule has 0 aliphatic heterocycles. The van der Waals surface area contributed by atoms with Crippen molar-refractivity contribution in [1.29, 1.82) is 0 Å². The minimum Gasteiger partial charge on any atom is -0.479 e. The third kappa shape index (κ3) is 6.77. The van der Waals surface area contributed by atoms with Gasteiger partial charge in [-0.05, 0) is 68.0 Å². The van der Waals surface area contributed by atoms with Crippen molar-refractivity contribution < 1.29 is 44.3 Å². The summed E-state index contributed by atoms with van der Waals surface area (Å²) in [5, 5.41) is 36.8. The van der Waals surface area contributed by atoms with Gasteiger partial charge in [-0.2, -0.15) is 0 Å². The van der Waals surface area contributed by atoms with Crippen molar-refractivity contribution >= 4 is 17.9 Å². The Labute approximate surface area is 191 Å². The van der Waals surface area contributed by atoms with Crippen LogP contribution in [0.1, 0.15) is 36.0 Å². The lowest BCUT2D eigenvalue weighted by Gasteiger charge is -2.25. The van der Waals surface area contributed by atoms with Gasteiger partial charge in [-0.1, -0.05) is 30.7 Å². The second-order valence-corrected chi connectivity index (χ2v) is 7.79. The standard InChI is InChI=1S/C24H28O9/c1-15-7-6-9-18(13-15)33-19-11-10-17(14-16(19)2)8-4-3-5-12-32-20(21(25)26)24(31,22(27)28)23(29)30/h6-7,9-11,13-14,20,31H,3-5,8,12H2,1-2H3,(H,25,26)(H,27,28)(H,29,30). The van der Waals surface area contributed by atoms with Crippen LogP contribution in [0.5, 0.6) is 11.5 Å². The zero-order valence-electron chi connectivity index (χ0n) is 18.5. The Kier molecular flexibility index (Phi) is 8.95. The second kappa shape index (κ2) is 11.4. The normalized spacial score (nSPS) is 12.2. The number of carboxylic acid groups (broad SMARTS) is 3. The number of unbranched alkanes of at least 4 members (excludes halogenated alkanes) is 2. The molecule has 0 spiro atoms. The van der Waals surface area contributed by atoms with Gasteiger partial charge in [-0.25, -0.2) is 14.4 Å². The molecule has 2 rings (SSSR count). The van der Waals surface area contributed by atoms with Crippen LogP contribution < -0.4 is 4.74 Å². The summed E-state index contributed by atoms with van der Waals surface area (Å²) in [5.74, 6) is -4.74. The van der Waals surface area contributed by atoms with E-state index in [-0.39, 0.29) is 6.61 Å². The van der Waals surface area contributed by atoms with Gasteiger partial charge in [-0.3, -0.25) is 0 Å². The van der Waals surface area contributed by atoms with Gasteiger partial charge >= 0.3 is 17.9 Å². The van der Waals surface area contributed by atoms with Crippen LogP contribution in [0.25, 0.3) is 0 Å². The predicted octanol–water partition coefficient (Wildman–Crippen LogP) is 3.18. The summed E-state index contributed by atoms with van der Waals surface area (Å²) in [4.78, 5) is 33.4. The van der Waals surface area contributed by atoms with E-state index in [4.69, 9.17) is 24.8 Å². The number of carbonyl (C=O) groups is 3. The van der Waals surface area contributed by atoms with Crippen LogP contribution in [0.4, 0.5) is 0 Å². The van der Waals surface area contributed by atoms with Crippen LogP contribution in [-0.4, -0.2) is 56.6 Å². The zero-order chi connectivity index (χ0) is 24.6. The Morgan fingerprint density at radius 3 is 2.21 bits per heavy atom. The molecule has 0 heterocycles. The number of benzene rings is 2. The van der Waals surface area contributed by atoms with Crippen molar-refractivity contribution in [1.82, 2.24) is 0 Å². The summed E-state index contributed by atoms with van der Waals surface area (Å²) < 4.78 is 10.9. The van der Waals surface area contributed by atoms with Crippen molar-refractivity contribution in [3.05, 3.63) is 59.2 Å². The molecule has 0 saturated heterocycles. The third-order valence-corrected chi connectivity index (χ3v) is 5.11. The van der Waals surface area contributed by atoms with Gasteiger partial charge in [0.25, 0.3) is 5.60 Å². The van der Waals surface area contributed by atoms with E-state index in [9.17, 15) is 19.5 Å². The predicted molar refractivity (Wildman–Crippen MR) is 118 cm³/mol. The van der Waals surface area contributed by atoms with E-state index in [2.05, 4.69) is 0 Å². The molecule has 0 saturated carbocycles. The maximum absolute atomic E-state index is 11.2. The molecule has 178 valence electrons. The monoisotopic (exact) mass is 460 g/mol. The fourth-order valence-corrected chi connectivity index (χ4v) is 3.28. The number of rotatable bonds is 13. The van der Waals surface area contributed by atoms with Gasteiger partial charge in [0, 0.05) is 6.61 Å². The molecule has 9 nitrogen and oxygen atoms in total. The highest BCUT2D eigenvalue weighted by molar-refractivity contribution is 6.06. The highest BCUT2D eigenvalue weighted by Gasteiger charge is 2.56. The Bertz CT molecular complexity index is 985. The van der Waals surface area contributed by atoms with Gasteiger partial charge < -0.3 is 29.9 Å². The first-order valence-electron chi connectivity index (χ1n) is 10.4. The molecule has 2 aromatic rings. The van der Waals surface area contributed by atoms with Crippen LogP contribution in [0.3, 0.4) is 0 Å². The Morgan fingerprint density at radius 1 is 0.939 bits per heavy atom. The van der Waals surface area contributed by atoms with Crippen molar-refractivity contribution in [3.8, 4) is 11.5 Å². The Balaban J connectivity index is 1.82. The van der Waals surface area contributed by atoms with Crippen molar-refractivity contribution in [2.45, 2.75) is 51.2 Å². The van der Waals surface area contributed by atoms with Crippen LogP contribution >= 0.6 is 0 Å². The highest BCUT2D eigenvalue weighted by atomic mass is 16.5. The van der Waals surface area contributed by atoms with Crippen molar-refractivity contribution in [2.75, 3.05) is 6.61 Å². The summed E-state index contributed by atoms with van der Waals surface area (Å²) in [7, 11) is 0. The minimum atomic E-state index is -3.56. The SMILES string of the molecule is Cc1cccc(Oc2ccc(CCCCCOC(C(=O)O)C(O)(C(=O)O)C(=O)O)cc2C)c1. The molecule has 0 radical (unpaired) electrons. The van der Waals surface area contributed by atoms with E-state index in [1.807, 2.05) is 56.3 Å². The number of aliphatic carboxylic acids is 3. The smallest absolute Gasteiger partial charge is 0.351 e. The topological polar surface area (TPSA) is 151 Å². The molecule has 0 aliphatic rings. The lowest BCUT2D eigenvalue weighted by Crippen LogP contribution is -2.60. The zero-order valence-corrected chi connectivity index (χ0v) is 18.5. The lowest BCUT2D eigenvalue weighted by molar-refractivity contribution is -0.201. The molecular formula is C24H28O9. The number of hydrogen-bond acceptors (Lipinski definition) is 6. The molecule has 0 bridgehead atoms. The molecule has 0 fully saturated rings. The van der Waals surface area contributed by atoms with Crippen LogP contribution in [0.15, 0.2) is 42.5 Å². The third-order valence-electron chi connectivity index (χ3n) is 5.11. The summed E-state index contributed by atoms with van der Waals surface area (Å²) in [5.41, 5.74) is -0.370. The van der Waals surface area contributed by atoms with Crippen molar-refractivity contribution in [3.63, 3.8) is 0 Å². The molecule has 9 heteroatoms.